The number of amides is 1. The van der Waals surface area contributed by atoms with Gasteiger partial charge in [-0.05, 0) is 30.4 Å². The van der Waals surface area contributed by atoms with Gasteiger partial charge in [-0.3, -0.25) is 4.79 Å². The highest BCUT2D eigenvalue weighted by Gasteiger charge is 2.31. The van der Waals surface area contributed by atoms with E-state index in [1.807, 2.05) is 0 Å². The number of hydrogen-bond donors (Lipinski definition) is 1. The molecule has 0 bridgehead atoms. The lowest BCUT2D eigenvalue weighted by Crippen LogP contribution is -2.43. The highest BCUT2D eigenvalue weighted by molar-refractivity contribution is 7.99. The van der Waals surface area contributed by atoms with Gasteiger partial charge in [-0.2, -0.15) is 13.2 Å². The lowest BCUT2D eigenvalue weighted by Gasteiger charge is -2.34. The molecule has 128 valence electrons. The summed E-state index contributed by atoms with van der Waals surface area (Å²) in [7, 11) is 0. The zero-order chi connectivity index (χ0) is 17.0. The second-order valence-electron chi connectivity index (χ2n) is 6.11. The van der Waals surface area contributed by atoms with Crippen LogP contribution in [0, 0.1) is 11.8 Å². The van der Waals surface area contributed by atoms with Crippen molar-refractivity contribution in [3.05, 3.63) is 23.9 Å². The van der Waals surface area contributed by atoms with Crippen molar-refractivity contribution in [1.29, 1.82) is 0 Å². The Bertz CT molecular complexity index is 550. The first kappa shape index (κ1) is 18.1. The van der Waals surface area contributed by atoms with Crippen LogP contribution in [-0.4, -0.2) is 28.9 Å². The molecule has 0 radical (unpaired) electrons. The minimum absolute atomic E-state index is 0.0620. The molecule has 23 heavy (non-hydrogen) atoms. The Kier molecular flexibility index (Phi) is 5.95. The fraction of sp³-hybridized carbons (Fsp3) is 0.625. The largest absolute Gasteiger partial charge is 0.398 e. The maximum Gasteiger partial charge on any atom is 0.398 e. The number of alkyl halides is 3. The van der Waals surface area contributed by atoms with Crippen LogP contribution in [0.25, 0.3) is 0 Å². The second-order valence-corrected chi connectivity index (χ2v) is 7.07. The van der Waals surface area contributed by atoms with Gasteiger partial charge in [-0.25, -0.2) is 4.98 Å². The van der Waals surface area contributed by atoms with E-state index in [-0.39, 0.29) is 22.5 Å². The van der Waals surface area contributed by atoms with E-state index in [4.69, 9.17) is 0 Å². The van der Waals surface area contributed by atoms with Crippen molar-refractivity contribution in [1.82, 2.24) is 10.3 Å². The number of pyridine rings is 1. The molecule has 1 heterocycles. The van der Waals surface area contributed by atoms with Crippen molar-refractivity contribution in [3.8, 4) is 0 Å². The molecular formula is C16H21F3N2OS. The fourth-order valence-electron chi connectivity index (χ4n) is 2.86. The smallest absolute Gasteiger partial charge is 0.349 e. The maximum absolute atomic E-state index is 12.5. The summed E-state index contributed by atoms with van der Waals surface area (Å²) in [6.45, 7) is 4.27. The quantitative estimate of drug-likeness (QED) is 0.827. The summed E-state index contributed by atoms with van der Waals surface area (Å²) >= 11 is 0.549. The number of halogens is 3. The van der Waals surface area contributed by atoms with E-state index >= 15 is 0 Å². The second kappa shape index (κ2) is 7.55. The summed E-state index contributed by atoms with van der Waals surface area (Å²) < 4.78 is 37.2. The average molecular weight is 346 g/mol. The van der Waals surface area contributed by atoms with E-state index in [1.165, 1.54) is 12.3 Å². The van der Waals surface area contributed by atoms with E-state index in [1.54, 1.807) is 6.07 Å². The van der Waals surface area contributed by atoms with E-state index in [0.717, 1.165) is 19.3 Å². The van der Waals surface area contributed by atoms with Crippen LogP contribution >= 0.6 is 11.8 Å². The van der Waals surface area contributed by atoms with Gasteiger partial charge in [0.25, 0.3) is 5.91 Å². The lowest BCUT2D eigenvalue weighted by molar-refractivity contribution is -0.105. The van der Waals surface area contributed by atoms with Gasteiger partial charge in [0.05, 0.1) is 11.3 Å². The van der Waals surface area contributed by atoms with Gasteiger partial charge in [0, 0.05) is 12.2 Å². The van der Waals surface area contributed by atoms with E-state index < -0.39 is 11.9 Å². The Morgan fingerprint density at radius 2 is 2.13 bits per heavy atom. The van der Waals surface area contributed by atoms with E-state index in [0.29, 0.717) is 23.6 Å². The van der Waals surface area contributed by atoms with Crippen molar-refractivity contribution >= 4 is 17.7 Å². The van der Waals surface area contributed by atoms with Crippen LogP contribution in [0.15, 0.2) is 23.4 Å². The van der Waals surface area contributed by atoms with Crippen LogP contribution in [-0.2, 0) is 0 Å². The normalized spacial score (nSPS) is 25.2. The number of hydrogen-bond acceptors (Lipinski definition) is 3. The minimum atomic E-state index is -4.29. The number of thioether (sulfide) groups is 1. The number of carbonyl (C=O) groups is 1. The third kappa shape index (κ3) is 5.12. The first-order valence-electron chi connectivity index (χ1n) is 7.73. The van der Waals surface area contributed by atoms with Gasteiger partial charge in [-0.15, -0.1) is 0 Å². The van der Waals surface area contributed by atoms with Gasteiger partial charge >= 0.3 is 6.18 Å². The van der Waals surface area contributed by atoms with Gasteiger partial charge in [0.15, 0.2) is 0 Å². The first-order chi connectivity index (χ1) is 10.8. The van der Waals surface area contributed by atoms with Crippen LogP contribution in [0.3, 0.4) is 0 Å². The topological polar surface area (TPSA) is 42.0 Å². The Morgan fingerprint density at radius 1 is 1.39 bits per heavy atom. The molecule has 1 aliphatic rings. The Labute approximate surface area is 138 Å². The van der Waals surface area contributed by atoms with Gasteiger partial charge in [-0.1, -0.05) is 38.5 Å². The minimum Gasteiger partial charge on any atom is -0.349 e. The number of carbonyl (C=O) groups excluding carboxylic acids is 1. The Hall–Kier alpha value is -1.24. The summed E-state index contributed by atoms with van der Waals surface area (Å²) in [5.41, 5.74) is 0.215. The third-order valence-electron chi connectivity index (χ3n) is 4.41. The summed E-state index contributed by atoms with van der Waals surface area (Å²) in [6, 6.07) is 3.16. The predicted octanol–water partition coefficient (Wildman–Crippen LogP) is 4.29. The maximum atomic E-state index is 12.5. The summed E-state index contributed by atoms with van der Waals surface area (Å²) in [5, 5.41) is 3.10. The molecule has 7 heteroatoms. The average Bonchev–Trinajstić information content (AvgIpc) is 2.49. The molecule has 1 fully saturated rings. The highest BCUT2D eigenvalue weighted by Crippen LogP contribution is 2.31. The van der Waals surface area contributed by atoms with Crippen molar-refractivity contribution in [2.75, 3.05) is 5.75 Å². The molecule has 0 aliphatic heterocycles. The highest BCUT2D eigenvalue weighted by atomic mass is 32.2. The van der Waals surface area contributed by atoms with Crippen LogP contribution < -0.4 is 5.32 Å². The number of nitrogens with one attached hydrogen (secondary N) is 1. The van der Waals surface area contributed by atoms with Crippen LogP contribution in [0.1, 0.15) is 43.5 Å². The molecule has 0 saturated heterocycles. The molecule has 1 N–H and O–H groups in total. The predicted molar refractivity (Wildman–Crippen MR) is 84.4 cm³/mol. The van der Waals surface area contributed by atoms with Gasteiger partial charge in [0.2, 0.25) is 0 Å². The Morgan fingerprint density at radius 3 is 2.83 bits per heavy atom. The van der Waals surface area contributed by atoms with Crippen molar-refractivity contribution in [2.24, 2.45) is 11.8 Å². The standard InChI is InChI=1S/C16H21F3N2OS/c1-10-5-3-7-13(11(10)2)21-14(22)12-6-4-8-20-15(12)23-9-16(17,18)19/h4,6,8,10-11,13H,3,5,7,9H2,1-2H3,(H,21,22)/t10-,11+,13-/m1/s1. The molecule has 1 aromatic heterocycles. The van der Waals surface area contributed by atoms with E-state index in [2.05, 4.69) is 24.1 Å². The molecule has 1 amide bonds. The summed E-state index contributed by atoms with van der Waals surface area (Å²) in [4.78, 5) is 16.4. The SMILES string of the molecule is C[C@H]1[C@H](C)CCC[C@H]1NC(=O)c1cccnc1SCC(F)(F)F. The van der Waals surface area contributed by atoms with Crippen molar-refractivity contribution in [2.45, 2.75) is 50.4 Å². The Balaban J connectivity index is 2.07. The van der Waals surface area contributed by atoms with Gasteiger partial charge in [0.1, 0.15) is 5.03 Å². The molecule has 3 atom stereocenters. The number of aromatic nitrogens is 1. The fourth-order valence-corrected chi connectivity index (χ4v) is 3.61. The molecule has 1 aromatic rings. The molecule has 0 spiro atoms. The summed E-state index contributed by atoms with van der Waals surface area (Å²) in [5.74, 6) is -0.507. The molecule has 0 unspecified atom stereocenters. The third-order valence-corrected chi connectivity index (χ3v) is 5.48. The molecule has 3 nitrogen and oxygen atoms in total. The molecular weight excluding hydrogens is 325 g/mol. The molecule has 1 aliphatic carbocycles. The first-order valence-corrected chi connectivity index (χ1v) is 8.72. The zero-order valence-electron chi connectivity index (χ0n) is 13.2. The molecule has 2 rings (SSSR count). The monoisotopic (exact) mass is 346 g/mol. The molecule has 0 aromatic carbocycles. The lowest BCUT2D eigenvalue weighted by atomic mass is 9.78. The van der Waals surface area contributed by atoms with Crippen LogP contribution in [0.4, 0.5) is 13.2 Å². The van der Waals surface area contributed by atoms with Crippen molar-refractivity contribution < 1.29 is 18.0 Å². The van der Waals surface area contributed by atoms with E-state index in [9.17, 15) is 18.0 Å². The van der Waals surface area contributed by atoms with Crippen LogP contribution in [0.5, 0.6) is 0 Å². The zero-order valence-corrected chi connectivity index (χ0v) is 14.0. The number of rotatable bonds is 4. The van der Waals surface area contributed by atoms with Crippen LogP contribution in [0.2, 0.25) is 0 Å². The number of nitrogens with zero attached hydrogens (tertiary/aromatic N) is 1. The molecule has 1 saturated carbocycles. The van der Waals surface area contributed by atoms with Crippen molar-refractivity contribution in [3.63, 3.8) is 0 Å². The summed E-state index contributed by atoms with van der Waals surface area (Å²) in [6.07, 6.45) is 0.221. The van der Waals surface area contributed by atoms with Gasteiger partial charge < -0.3 is 5.32 Å².